The Morgan fingerprint density at radius 3 is 2.71 bits per heavy atom. The number of nitrogen functional groups attached to an aromatic ring is 1. The van der Waals surface area contributed by atoms with Crippen LogP contribution in [0.4, 0.5) is 5.69 Å². The first-order valence-corrected chi connectivity index (χ1v) is 6.92. The van der Waals surface area contributed by atoms with Crippen molar-refractivity contribution in [3.05, 3.63) is 23.8 Å². The number of anilines is 1. The second-order valence-corrected chi connectivity index (χ2v) is 5.33. The molecular weight excluding hydrogens is 238 g/mol. The van der Waals surface area contributed by atoms with Gasteiger partial charge in [0.05, 0.1) is 7.11 Å². The van der Waals surface area contributed by atoms with Crippen LogP contribution in [-0.2, 0) is 21.3 Å². The summed E-state index contributed by atoms with van der Waals surface area (Å²) in [5.41, 5.74) is 7.31. The molecule has 0 aliphatic rings. The van der Waals surface area contributed by atoms with Crippen molar-refractivity contribution in [3.63, 3.8) is 0 Å². The number of benzene rings is 1. The summed E-state index contributed by atoms with van der Waals surface area (Å²) in [5, 5.41) is 0. The van der Waals surface area contributed by atoms with Crippen LogP contribution >= 0.6 is 0 Å². The fraction of sp³-hybridized carbons (Fsp3) is 0.500. The normalized spacial score (nSPS) is 12.4. The van der Waals surface area contributed by atoms with E-state index in [2.05, 4.69) is 0 Å². The Labute approximate surface area is 105 Å². The lowest BCUT2D eigenvalue weighted by Gasteiger charge is -2.06. The monoisotopic (exact) mass is 257 g/mol. The highest BCUT2D eigenvalue weighted by molar-refractivity contribution is 7.84. The Hall–Kier alpha value is -1.07. The summed E-state index contributed by atoms with van der Waals surface area (Å²) in [6.45, 7) is 0.645. The number of nitrogens with two attached hydrogens (primary N) is 1. The van der Waals surface area contributed by atoms with E-state index in [0.717, 1.165) is 12.0 Å². The van der Waals surface area contributed by atoms with Crippen LogP contribution in [0.2, 0.25) is 0 Å². The molecule has 2 N–H and O–H groups in total. The topological polar surface area (TPSA) is 61.5 Å². The van der Waals surface area contributed by atoms with E-state index in [4.69, 9.17) is 15.2 Å². The second kappa shape index (κ2) is 7.29. The third kappa shape index (κ3) is 5.19. The molecule has 4 nitrogen and oxygen atoms in total. The van der Waals surface area contributed by atoms with Crippen LogP contribution in [0.1, 0.15) is 12.0 Å². The minimum atomic E-state index is -0.882. The number of hydrogen-bond acceptors (Lipinski definition) is 4. The van der Waals surface area contributed by atoms with E-state index in [0.29, 0.717) is 29.5 Å². The van der Waals surface area contributed by atoms with Gasteiger partial charge in [0, 0.05) is 47.8 Å². The quantitative estimate of drug-likeness (QED) is 0.595. The van der Waals surface area contributed by atoms with Gasteiger partial charge in [-0.05, 0) is 24.1 Å². The van der Waals surface area contributed by atoms with E-state index < -0.39 is 10.8 Å². The molecule has 0 heterocycles. The molecule has 0 aromatic heterocycles. The lowest BCUT2D eigenvalue weighted by atomic mass is 10.2. The molecule has 0 amide bonds. The largest absolute Gasteiger partial charge is 0.497 e. The van der Waals surface area contributed by atoms with Crippen molar-refractivity contribution in [2.24, 2.45) is 0 Å². The van der Waals surface area contributed by atoms with Gasteiger partial charge < -0.3 is 15.2 Å². The molecular formula is C12H19NO3S. The maximum Gasteiger partial charge on any atom is 0.121 e. The number of methoxy groups -OCH3 is 2. The fourth-order valence-electron chi connectivity index (χ4n) is 1.51. The van der Waals surface area contributed by atoms with Crippen molar-refractivity contribution in [2.75, 3.05) is 32.3 Å². The molecule has 0 radical (unpaired) electrons. The van der Waals surface area contributed by atoms with Gasteiger partial charge in [0.25, 0.3) is 0 Å². The molecule has 1 rings (SSSR count). The predicted octanol–water partition coefficient (Wildman–Crippen LogP) is 1.56. The number of ether oxygens (including phenoxy) is 2. The molecule has 0 aliphatic heterocycles. The SMILES string of the molecule is COCCCS(=O)Cc1cc(N)cc(OC)c1. The van der Waals surface area contributed by atoms with Crippen LogP contribution in [0, 0.1) is 0 Å². The van der Waals surface area contributed by atoms with Crippen LogP contribution in [-0.4, -0.2) is 30.8 Å². The lowest BCUT2D eigenvalue weighted by Crippen LogP contribution is -2.04. The van der Waals surface area contributed by atoms with Crippen LogP contribution in [0.5, 0.6) is 5.75 Å². The first-order chi connectivity index (χ1) is 8.15. The molecule has 0 saturated carbocycles. The van der Waals surface area contributed by atoms with Crippen LogP contribution in [0.3, 0.4) is 0 Å². The summed E-state index contributed by atoms with van der Waals surface area (Å²) in [4.78, 5) is 0. The van der Waals surface area contributed by atoms with Gasteiger partial charge in [-0.25, -0.2) is 0 Å². The zero-order chi connectivity index (χ0) is 12.7. The third-order valence-corrected chi connectivity index (χ3v) is 3.67. The highest BCUT2D eigenvalue weighted by Crippen LogP contribution is 2.19. The number of hydrogen-bond donors (Lipinski definition) is 1. The predicted molar refractivity (Wildman–Crippen MR) is 70.6 cm³/mol. The second-order valence-electron chi connectivity index (χ2n) is 3.75. The summed E-state index contributed by atoms with van der Waals surface area (Å²) < 4.78 is 21.8. The van der Waals surface area contributed by atoms with Gasteiger partial charge in [0.15, 0.2) is 0 Å². The van der Waals surface area contributed by atoms with Gasteiger partial charge in [-0.1, -0.05) is 0 Å². The van der Waals surface area contributed by atoms with E-state index in [-0.39, 0.29) is 0 Å². The molecule has 0 saturated heterocycles. The smallest absolute Gasteiger partial charge is 0.121 e. The maximum absolute atomic E-state index is 11.8. The average molecular weight is 257 g/mol. The van der Waals surface area contributed by atoms with Crippen molar-refractivity contribution in [1.82, 2.24) is 0 Å². The third-order valence-electron chi connectivity index (χ3n) is 2.27. The van der Waals surface area contributed by atoms with Gasteiger partial charge in [-0.3, -0.25) is 4.21 Å². The van der Waals surface area contributed by atoms with Gasteiger partial charge in [-0.2, -0.15) is 0 Å². The Morgan fingerprint density at radius 1 is 1.29 bits per heavy atom. The zero-order valence-corrected chi connectivity index (χ0v) is 11.1. The van der Waals surface area contributed by atoms with E-state index in [9.17, 15) is 4.21 Å². The lowest BCUT2D eigenvalue weighted by molar-refractivity contribution is 0.200. The summed E-state index contributed by atoms with van der Waals surface area (Å²) >= 11 is 0. The minimum absolute atomic E-state index is 0.505. The molecule has 1 atom stereocenters. The summed E-state index contributed by atoms with van der Waals surface area (Å²) in [6, 6.07) is 5.44. The van der Waals surface area contributed by atoms with Crippen molar-refractivity contribution in [1.29, 1.82) is 0 Å². The van der Waals surface area contributed by atoms with Gasteiger partial charge in [0.1, 0.15) is 5.75 Å². The first-order valence-electron chi connectivity index (χ1n) is 5.43. The summed E-state index contributed by atoms with van der Waals surface area (Å²) in [7, 11) is 2.35. The van der Waals surface area contributed by atoms with Crippen molar-refractivity contribution < 1.29 is 13.7 Å². The Balaban J connectivity index is 2.55. The summed E-state index contributed by atoms with van der Waals surface area (Å²) in [6.07, 6.45) is 0.808. The minimum Gasteiger partial charge on any atom is -0.497 e. The molecule has 0 fully saturated rings. The highest BCUT2D eigenvalue weighted by atomic mass is 32.2. The van der Waals surface area contributed by atoms with E-state index in [1.807, 2.05) is 12.1 Å². The molecule has 5 heteroatoms. The van der Waals surface area contributed by atoms with Crippen LogP contribution in [0.15, 0.2) is 18.2 Å². The standard InChI is InChI=1S/C12H19NO3S/c1-15-4-3-5-17(14)9-10-6-11(13)8-12(7-10)16-2/h6-8H,3-5,9,13H2,1-2H3. The molecule has 1 aromatic rings. The fourth-order valence-corrected chi connectivity index (χ4v) is 2.63. The zero-order valence-electron chi connectivity index (χ0n) is 10.3. The molecule has 17 heavy (non-hydrogen) atoms. The van der Waals surface area contributed by atoms with Crippen molar-refractivity contribution in [2.45, 2.75) is 12.2 Å². The van der Waals surface area contributed by atoms with E-state index >= 15 is 0 Å². The van der Waals surface area contributed by atoms with Gasteiger partial charge >= 0.3 is 0 Å². The van der Waals surface area contributed by atoms with Gasteiger partial charge in [0.2, 0.25) is 0 Å². The first kappa shape index (κ1) is 14.0. The van der Waals surface area contributed by atoms with E-state index in [1.54, 1.807) is 20.3 Å². The summed E-state index contributed by atoms with van der Waals surface area (Å²) in [5.74, 6) is 1.85. The van der Waals surface area contributed by atoms with Gasteiger partial charge in [-0.15, -0.1) is 0 Å². The van der Waals surface area contributed by atoms with E-state index in [1.165, 1.54) is 0 Å². The van der Waals surface area contributed by atoms with Crippen molar-refractivity contribution >= 4 is 16.5 Å². The molecule has 1 aromatic carbocycles. The molecule has 0 spiro atoms. The molecule has 1 unspecified atom stereocenters. The number of rotatable bonds is 7. The maximum atomic E-state index is 11.8. The highest BCUT2D eigenvalue weighted by Gasteiger charge is 2.04. The van der Waals surface area contributed by atoms with Crippen LogP contribution < -0.4 is 10.5 Å². The Bertz CT molecular complexity index is 382. The van der Waals surface area contributed by atoms with Crippen molar-refractivity contribution in [3.8, 4) is 5.75 Å². The Morgan fingerprint density at radius 2 is 2.06 bits per heavy atom. The molecule has 0 aliphatic carbocycles. The Kier molecular flexibility index (Phi) is 6.00. The van der Waals surface area contributed by atoms with Crippen LogP contribution in [0.25, 0.3) is 0 Å². The average Bonchev–Trinajstić information content (AvgIpc) is 2.28. The molecule has 0 bridgehead atoms. The molecule has 96 valence electrons.